The number of rotatable bonds is 4. The third-order valence-electron chi connectivity index (χ3n) is 4.02. The number of piperidine rings is 1. The van der Waals surface area contributed by atoms with Crippen molar-refractivity contribution in [2.24, 2.45) is 5.92 Å². The van der Waals surface area contributed by atoms with E-state index in [1.807, 2.05) is 0 Å². The average Bonchev–Trinajstić information content (AvgIpc) is 2.42. The number of carbonyl (C=O) groups is 1. The topological polar surface area (TPSA) is 44.8 Å². The molecule has 2 fully saturated rings. The maximum atomic E-state index is 11.2. The van der Waals surface area contributed by atoms with Crippen molar-refractivity contribution in [3.63, 3.8) is 0 Å². The number of carbonyl (C=O) groups excluding carboxylic acids is 1. The largest absolute Gasteiger partial charge is 0.468 e. The van der Waals surface area contributed by atoms with Gasteiger partial charge in [0.15, 0.2) is 0 Å². The van der Waals surface area contributed by atoms with Crippen molar-refractivity contribution in [3.05, 3.63) is 0 Å². The molecule has 0 radical (unpaired) electrons. The Morgan fingerprint density at radius 3 is 2.39 bits per heavy atom. The van der Waals surface area contributed by atoms with Crippen LogP contribution in [0, 0.1) is 5.92 Å². The number of nitrogens with zero attached hydrogens (tertiary/aromatic N) is 2. The molecule has 0 atom stereocenters. The first kappa shape index (κ1) is 13.8. The minimum absolute atomic E-state index is 0.123. The normalized spacial score (nSPS) is 24.1. The number of nitrogens with one attached hydrogen (secondary N) is 1. The molecule has 0 amide bonds. The van der Waals surface area contributed by atoms with Crippen LogP contribution < -0.4 is 5.32 Å². The first-order valence-corrected chi connectivity index (χ1v) is 7.00. The number of ether oxygens (including phenoxy) is 1. The molecule has 2 aliphatic heterocycles. The Bertz CT molecular complexity index is 259. The molecule has 5 nitrogen and oxygen atoms in total. The fourth-order valence-corrected chi connectivity index (χ4v) is 2.81. The maximum Gasteiger partial charge on any atom is 0.319 e. The number of esters is 1. The zero-order chi connectivity index (χ0) is 12.8. The highest BCUT2D eigenvalue weighted by Crippen LogP contribution is 2.14. The second kappa shape index (κ2) is 7.07. The molecule has 104 valence electrons. The van der Waals surface area contributed by atoms with Crippen LogP contribution in [0.15, 0.2) is 0 Å². The van der Waals surface area contributed by atoms with Gasteiger partial charge in [0, 0.05) is 32.7 Å². The van der Waals surface area contributed by atoms with Crippen molar-refractivity contribution in [3.8, 4) is 0 Å². The number of hydrogen-bond donors (Lipinski definition) is 1. The molecule has 0 saturated carbocycles. The number of piperazine rings is 1. The second-order valence-corrected chi connectivity index (χ2v) is 5.35. The van der Waals surface area contributed by atoms with E-state index >= 15 is 0 Å². The van der Waals surface area contributed by atoms with Gasteiger partial charge in [-0.3, -0.25) is 9.69 Å². The molecule has 0 bridgehead atoms. The van der Waals surface area contributed by atoms with Gasteiger partial charge in [-0.15, -0.1) is 0 Å². The average molecular weight is 255 g/mol. The van der Waals surface area contributed by atoms with Crippen LogP contribution in [0.4, 0.5) is 0 Å². The first-order chi connectivity index (χ1) is 8.78. The number of hydrogen-bond acceptors (Lipinski definition) is 5. The lowest BCUT2D eigenvalue weighted by Gasteiger charge is -2.36. The predicted molar refractivity (Wildman–Crippen MR) is 70.5 cm³/mol. The smallest absolute Gasteiger partial charge is 0.319 e. The lowest BCUT2D eigenvalue weighted by Crippen LogP contribution is -2.49. The molecule has 0 spiro atoms. The van der Waals surface area contributed by atoms with E-state index in [0.717, 1.165) is 32.1 Å². The molecule has 2 heterocycles. The Labute approximate surface area is 109 Å². The van der Waals surface area contributed by atoms with Gasteiger partial charge in [-0.2, -0.15) is 0 Å². The van der Waals surface area contributed by atoms with E-state index in [1.165, 1.54) is 39.6 Å². The lowest BCUT2D eigenvalue weighted by molar-refractivity contribution is -0.142. The number of methoxy groups -OCH3 is 1. The van der Waals surface area contributed by atoms with Crippen LogP contribution in [0.2, 0.25) is 0 Å². The molecule has 0 aromatic heterocycles. The van der Waals surface area contributed by atoms with E-state index in [0.29, 0.717) is 6.54 Å². The predicted octanol–water partition coefficient (Wildman–Crippen LogP) is -0.223. The Kier molecular flexibility index (Phi) is 5.41. The summed E-state index contributed by atoms with van der Waals surface area (Å²) in [6, 6.07) is 0. The molecule has 0 aliphatic carbocycles. The van der Waals surface area contributed by atoms with Gasteiger partial charge in [-0.25, -0.2) is 0 Å². The van der Waals surface area contributed by atoms with Crippen LogP contribution in [-0.4, -0.2) is 75.2 Å². The Hall–Kier alpha value is -0.650. The van der Waals surface area contributed by atoms with E-state index in [2.05, 4.69) is 15.1 Å². The van der Waals surface area contributed by atoms with Crippen LogP contribution in [0.3, 0.4) is 0 Å². The summed E-state index contributed by atoms with van der Waals surface area (Å²) in [7, 11) is 1.45. The summed E-state index contributed by atoms with van der Waals surface area (Å²) in [6.07, 6.45) is 2.62. The van der Waals surface area contributed by atoms with Gasteiger partial charge >= 0.3 is 5.97 Å². The second-order valence-electron chi connectivity index (χ2n) is 5.35. The molecule has 2 rings (SSSR count). The SMILES string of the molecule is COC(=O)CN1CCN(CC2CCNCC2)CC1. The monoisotopic (exact) mass is 255 g/mol. The standard InChI is InChI=1S/C13H25N3O2/c1-18-13(17)11-16-8-6-15(7-9-16)10-12-2-4-14-5-3-12/h12,14H,2-11H2,1H3. The fraction of sp³-hybridized carbons (Fsp3) is 0.923. The summed E-state index contributed by atoms with van der Waals surface area (Å²) < 4.78 is 4.70. The van der Waals surface area contributed by atoms with E-state index in [9.17, 15) is 4.79 Å². The molecule has 1 N–H and O–H groups in total. The quantitative estimate of drug-likeness (QED) is 0.704. The van der Waals surface area contributed by atoms with E-state index < -0.39 is 0 Å². The van der Waals surface area contributed by atoms with Gasteiger partial charge in [0.25, 0.3) is 0 Å². The van der Waals surface area contributed by atoms with Crippen LogP contribution in [-0.2, 0) is 9.53 Å². The van der Waals surface area contributed by atoms with Gasteiger partial charge < -0.3 is 15.0 Å². The summed E-state index contributed by atoms with van der Waals surface area (Å²) >= 11 is 0. The van der Waals surface area contributed by atoms with E-state index in [4.69, 9.17) is 4.74 Å². The maximum absolute atomic E-state index is 11.2. The molecular weight excluding hydrogens is 230 g/mol. The molecule has 5 heteroatoms. The summed E-state index contributed by atoms with van der Waals surface area (Å²) in [4.78, 5) is 15.9. The van der Waals surface area contributed by atoms with Gasteiger partial charge in [-0.1, -0.05) is 0 Å². The van der Waals surface area contributed by atoms with Gasteiger partial charge in [0.05, 0.1) is 13.7 Å². The van der Waals surface area contributed by atoms with Crippen molar-refractivity contribution < 1.29 is 9.53 Å². The van der Waals surface area contributed by atoms with Crippen molar-refractivity contribution in [1.82, 2.24) is 15.1 Å². The van der Waals surface area contributed by atoms with E-state index in [1.54, 1.807) is 0 Å². The summed E-state index contributed by atoms with van der Waals surface area (Å²) in [5.74, 6) is 0.736. The first-order valence-electron chi connectivity index (χ1n) is 7.00. The minimum Gasteiger partial charge on any atom is -0.468 e. The molecule has 0 aromatic carbocycles. The molecule has 18 heavy (non-hydrogen) atoms. The summed E-state index contributed by atoms with van der Waals surface area (Å²) in [5.41, 5.74) is 0. The van der Waals surface area contributed by atoms with Crippen LogP contribution in [0.5, 0.6) is 0 Å². The third kappa shape index (κ3) is 4.23. The lowest BCUT2D eigenvalue weighted by atomic mass is 9.97. The fourth-order valence-electron chi connectivity index (χ4n) is 2.81. The molecule has 2 aliphatic rings. The van der Waals surface area contributed by atoms with Gasteiger partial charge in [0.1, 0.15) is 0 Å². The third-order valence-corrected chi connectivity index (χ3v) is 4.02. The van der Waals surface area contributed by atoms with Crippen LogP contribution >= 0.6 is 0 Å². The molecule has 2 saturated heterocycles. The van der Waals surface area contributed by atoms with Gasteiger partial charge in [-0.05, 0) is 31.8 Å². The Morgan fingerprint density at radius 1 is 1.17 bits per heavy atom. The molecule has 0 unspecified atom stereocenters. The Morgan fingerprint density at radius 2 is 1.78 bits per heavy atom. The van der Waals surface area contributed by atoms with Crippen LogP contribution in [0.1, 0.15) is 12.8 Å². The van der Waals surface area contributed by atoms with Crippen molar-refractivity contribution in [2.75, 3.05) is 59.5 Å². The molecule has 0 aromatic rings. The highest BCUT2D eigenvalue weighted by molar-refractivity contribution is 5.71. The highest BCUT2D eigenvalue weighted by atomic mass is 16.5. The van der Waals surface area contributed by atoms with Crippen LogP contribution in [0.25, 0.3) is 0 Å². The van der Waals surface area contributed by atoms with E-state index in [-0.39, 0.29) is 5.97 Å². The van der Waals surface area contributed by atoms with Crippen molar-refractivity contribution >= 4 is 5.97 Å². The van der Waals surface area contributed by atoms with Crippen molar-refractivity contribution in [2.45, 2.75) is 12.8 Å². The minimum atomic E-state index is -0.123. The molecular formula is C13H25N3O2. The zero-order valence-electron chi connectivity index (χ0n) is 11.4. The highest BCUT2D eigenvalue weighted by Gasteiger charge is 2.22. The van der Waals surface area contributed by atoms with Gasteiger partial charge in [0.2, 0.25) is 0 Å². The summed E-state index contributed by atoms with van der Waals surface area (Å²) in [6.45, 7) is 8.16. The zero-order valence-corrected chi connectivity index (χ0v) is 11.4. The van der Waals surface area contributed by atoms with Crippen molar-refractivity contribution in [1.29, 1.82) is 0 Å². The summed E-state index contributed by atoms with van der Waals surface area (Å²) in [5, 5.41) is 3.41. The Balaban J connectivity index is 1.65.